The first-order chi connectivity index (χ1) is 11.2. The number of methoxy groups -OCH3 is 1. The number of hydrogen-bond donors (Lipinski definition) is 2. The Morgan fingerprint density at radius 1 is 1.22 bits per heavy atom. The number of amides is 1. The summed E-state index contributed by atoms with van der Waals surface area (Å²) in [6.45, 7) is 2.72. The van der Waals surface area contributed by atoms with Gasteiger partial charge in [-0.25, -0.2) is 0 Å². The summed E-state index contributed by atoms with van der Waals surface area (Å²) in [4.78, 5) is 12.2. The third-order valence-corrected chi connectivity index (χ3v) is 4.03. The average Bonchev–Trinajstić information content (AvgIpc) is 3.38. The molecule has 120 valence electrons. The van der Waals surface area contributed by atoms with Crippen LogP contribution in [0.1, 0.15) is 34.3 Å². The second-order valence-electron chi connectivity index (χ2n) is 5.98. The average molecular weight is 310 g/mol. The Hall–Kier alpha value is -2.49. The van der Waals surface area contributed by atoms with Gasteiger partial charge in [0.2, 0.25) is 0 Å². The van der Waals surface area contributed by atoms with Crippen LogP contribution in [0.5, 0.6) is 5.75 Å². The zero-order valence-electron chi connectivity index (χ0n) is 13.6. The SMILES string of the molecule is COc1cccc(CNc2cc(C(=O)NC3CC3)ccc2C)c1. The Kier molecular flexibility index (Phi) is 4.51. The maximum Gasteiger partial charge on any atom is 0.251 e. The standard InChI is InChI=1S/C19H22N2O2/c1-13-6-7-15(19(22)21-16-8-9-16)11-18(13)20-12-14-4-3-5-17(10-14)23-2/h3-7,10-11,16,20H,8-9,12H2,1-2H3,(H,21,22). The smallest absolute Gasteiger partial charge is 0.251 e. The Morgan fingerprint density at radius 2 is 2.04 bits per heavy atom. The maximum absolute atomic E-state index is 12.2. The summed E-state index contributed by atoms with van der Waals surface area (Å²) in [5.41, 5.74) is 3.94. The Bertz CT molecular complexity index is 708. The molecule has 0 spiro atoms. The number of hydrogen-bond acceptors (Lipinski definition) is 3. The fourth-order valence-corrected chi connectivity index (χ4v) is 2.43. The predicted molar refractivity (Wildman–Crippen MR) is 92.0 cm³/mol. The molecule has 0 unspecified atom stereocenters. The van der Waals surface area contributed by atoms with E-state index in [9.17, 15) is 4.79 Å². The van der Waals surface area contributed by atoms with E-state index in [2.05, 4.69) is 16.7 Å². The summed E-state index contributed by atoms with van der Waals surface area (Å²) in [5.74, 6) is 0.857. The molecule has 0 saturated heterocycles. The molecule has 1 aliphatic carbocycles. The van der Waals surface area contributed by atoms with E-state index >= 15 is 0 Å². The molecule has 0 bridgehead atoms. The maximum atomic E-state index is 12.2. The molecule has 2 N–H and O–H groups in total. The highest BCUT2D eigenvalue weighted by Crippen LogP contribution is 2.22. The van der Waals surface area contributed by atoms with Crippen LogP contribution in [0.3, 0.4) is 0 Å². The zero-order chi connectivity index (χ0) is 16.2. The lowest BCUT2D eigenvalue weighted by atomic mass is 10.1. The summed E-state index contributed by atoms with van der Waals surface area (Å²) in [5, 5.41) is 6.43. The molecule has 1 saturated carbocycles. The molecular weight excluding hydrogens is 288 g/mol. The molecule has 1 amide bonds. The summed E-state index contributed by atoms with van der Waals surface area (Å²) >= 11 is 0. The van der Waals surface area contributed by atoms with Gasteiger partial charge in [-0.2, -0.15) is 0 Å². The largest absolute Gasteiger partial charge is 0.497 e. The number of carbonyl (C=O) groups is 1. The van der Waals surface area contributed by atoms with E-state index in [1.165, 1.54) is 0 Å². The highest BCUT2D eigenvalue weighted by atomic mass is 16.5. The van der Waals surface area contributed by atoms with Gasteiger partial charge < -0.3 is 15.4 Å². The van der Waals surface area contributed by atoms with Crippen molar-refractivity contribution in [1.29, 1.82) is 0 Å². The van der Waals surface area contributed by atoms with Crippen LogP contribution >= 0.6 is 0 Å². The van der Waals surface area contributed by atoms with Crippen molar-refractivity contribution in [2.45, 2.75) is 32.4 Å². The van der Waals surface area contributed by atoms with Crippen molar-refractivity contribution >= 4 is 11.6 Å². The first kappa shape index (κ1) is 15.4. The lowest BCUT2D eigenvalue weighted by Gasteiger charge is -2.12. The van der Waals surface area contributed by atoms with E-state index in [1.807, 2.05) is 43.3 Å². The van der Waals surface area contributed by atoms with E-state index in [0.717, 1.165) is 35.4 Å². The molecule has 1 fully saturated rings. The summed E-state index contributed by atoms with van der Waals surface area (Å²) in [6.07, 6.45) is 2.19. The Labute approximate surface area is 136 Å². The number of benzene rings is 2. The molecule has 4 nitrogen and oxygen atoms in total. The lowest BCUT2D eigenvalue weighted by Crippen LogP contribution is -2.25. The Balaban J connectivity index is 1.69. The van der Waals surface area contributed by atoms with Crippen LogP contribution in [0, 0.1) is 6.92 Å². The Morgan fingerprint density at radius 3 is 2.78 bits per heavy atom. The molecule has 4 heteroatoms. The van der Waals surface area contributed by atoms with Crippen molar-refractivity contribution < 1.29 is 9.53 Å². The fourth-order valence-electron chi connectivity index (χ4n) is 2.43. The van der Waals surface area contributed by atoms with Gasteiger partial charge >= 0.3 is 0 Å². The van der Waals surface area contributed by atoms with Gasteiger partial charge in [-0.15, -0.1) is 0 Å². The summed E-state index contributed by atoms with van der Waals surface area (Å²) in [7, 11) is 1.67. The first-order valence-corrected chi connectivity index (χ1v) is 7.94. The normalized spacial score (nSPS) is 13.5. The minimum Gasteiger partial charge on any atom is -0.497 e. The zero-order valence-corrected chi connectivity index (χ0v) is 13.6. The van der Waals surface area contributed by atoms with Crippen molar-refractivity contribution in [2.75, 3.05) is 12.4 Å². The molecule has 1 aliphatic rings. The topological polar surface area (TPSA) is 50.4 Å². The highest BCUT2D eigenvalue weighted by molar-refractivity contribution is 5.95. The van der Waals surface area contributed by atoms with Crippen molar-refractivity contribution in [3.05, 3.63) is 59.2 Å². The molecule has 0 atom stereocenters. The van der Waals surface area contributed by atoms with Crippen molar-refractivity contribution in [3.8, 4) is 5.75 Å². The second-order valence-corrected chi connectivity index (χ2v) is 5.98. The molecule has 3 rings (SSSR count). The van der Waals surface area contributed by atoms with Crippen LogP contribution in [0.25, 0.3) is 0 Å². The molecular formula is C19H22N2O2. The van der Waals surface area contributed by atoms with Gasteiger partial charge in [0.05, 0.1) is 7.11 Å². The number of carbonyl (C=O) groups excluding carboxylic acids is 1. The molecule has 0 radical (unpaired) electrons. The van der Waals surface area contributed by atoms with Gasteiger partial charge in [-0.3, -0.25) is 4.79 Å². The summed E-state index contributed by atoms with van der Waals surface area (Å²) in [6, 6.07) is 14.1. The van der Waals surface area contributed by atoms with Crippen molar-refractivity contribution in [3.63, 3.8) is 0 Å². The monoisotopic (exact) mass is 310 g/mol. The van der Waals surface area contributed by atoms with Gasteiger partial charge in [0.25, 0.3) is 5.91 Å². The van der Waals surface area contributed by atoms with E-state index in [1.54, 1.807) is 7.11 Å². The number of aryl methyl sites for hydroxylation is 1. The number of anilines is 1. The van der Waals surface area contributed by atoms with E-state index in [-0.39, 0.29) is 5.91 Å². The van der Waals surface area contributed by atoms with Crippen molar-refractivity contribution in [1.82, 2.24) is 5.32 Å². The number of rotatable bonds is 6. The second kappa shape index (κ2) is 6.73. The van der Waals surface area contributed by atoms with Gasteiger partial charge in [0.15, 0.2) is 0 Å². The minimum atomic E-state index is 0.0110. The van der Waals surface area contributed by atoms with Gasteiger partial charge in [-0.1, -0.05) is 18.2 Å². The van der Waals surface area contributed by atoms with Gasteiger partial charge in [0, 0.05) is 23.8 Å². The molecule has 2 aromatic rings. The molecule has 23 heavy (non-hydrogen) atoms. The van der Waals surface area contributed by atoms with E-state index in [4.69, 9.17) is 4.74 Å². The highest BCUT2D eigenvalue weighted by Gasteiger charge is 2.23. The molecule has 0 heterocycles. The van der Waals surface area contributed by atoms with Crippen molar-refractivity contribution in [2.24, 2.45) is 0 Å². The lowest BCUT2D eigenvalue weighted by molar-refractivity contribution is 0.0951. The fraction of sp³-hybridized carbons (Fsp3) is 0.316. The quantitative estimate of drug-likeness (QED) is 0.858. The third kappa shape index (κ3) is 4.03. The van der Waals surface area contributed by atoms with Crippen LogP contribution in [0.2, 0.25) is 0 Å². The van der Waals surface area contributed by atoms with Crippen LogP contribution in [0.15, 0.2) is 42.5 Å². The molecule has 0 aliphatic heterocycles. The first-order valence-electron chi connectivity index (χ1n) is 7.94. The predicted octanol–water partition coefficient (Wildman–Crippen LogP) is 3.51. The summed E-state index contributed by atoms with van der Waals surface area (Å²) < 4.78 is 5.24. The minimum absolute atomic E-state index is 0.0110. The van der Waals surface area contributed by atoms with E-state index in [0.29, 0.717) is 18.2 Å². The van der Waals surface area contributed by atoms with Crippen LogP contribution in [0.4, 0.5) is 5.69 Å². The van der Waals surface area contributed by atoms with Crippen LogP contribution in [-0.2, 0) is 6.54 Å². The number of ether oxygens (including phenoxy) is 1. The van der Waals surface area contributed by atoms with Gasteiger partial charge in [0.1, 0.15) is 5.75 Å². The number of nitrogens with one attached hydrogen (secondary N) is 2. The van der Waals surface area contributed by atoms with Gasteiger partial charge in [-0.05, 0) is 55.2 Å². The molecule has 2 aromatic carbocycles. The van der Waals surface area contributed by atoms with Crippen LogP contribution in [-0.4, -0.2) is 19.1 Å². The van der Waals surface area contributed by atoms with Crippen LogP contribution < -0.4 is 15.4 Å². The third-order valence-electron chi connectivity index (χ3n) is 4.03. The molecule has 0 aromatic heterocycles. The van der Waals surface area contributed by atoms with E-state index < -0.39 is 0 Å².